The molecule has 2 heteroatoms. The molecule has 0 spiro atoms. The zero-order valence-corrected chi connectivity index (χ0v) is 9.35. The molecule has 13 heavy (non-hydrogen) atoms. The fourth-order valence-corrected chi connectivity index (χ4v) is 1.69. The summed E-state index contributed by atoms with van der Waals surface area (Å²) in [6.07, 6.45) is 9.08. The SMILES string of the molecule is CCCC(C=O)CCCCCCCl. The van der Waals surface area contributed by atoms with Gasteiger partial charge in [-0.15, -0.1) is 11.6 Å². The molecule has 0 aromatic carbocycles. The summed E-state index contributed by atoms with van der Waals surface area (Å²) in [5.41, 5.74) is 0. The molecule has 0 aromatic rings. The van der Waals surface area contributed by atoms with E-state index in [1.807, 2.05) is 0 Å². The maximum Gasteiger partial charge on any atom is 0.123 e. The zero-order chi connectivity index (χ0) is 9.94. The molecular formula is C11H21ClO. The Labute approximate surface area is 86.9 Å². The highest BCUT2D eigenvalue weighted by Gasteiger charge is 2.04. The highest BCUT2D eigenvalue weighted by Crippen LogP contribution is 2.13. The maximum atomic E-state index is 10.6. The van der Waals surface area contributed by atoms with Gasteiger partial charge in [0.1, 0.15) is 6.29 Å². The maximum absolute atomic E-state index is 10.6. The molecule has 1 nitrogen and oxygen atoms in total. The second kappa shape index (κ2) is 10.0. The summed E-state index contributed by atoms with van der Waals surface area (Å²) < 4.78 is 0. The van der Waals surface area contributed by atoms with Gasteiger partial charge in [0.15, 0.2) is 0 Å². The topological polar surface area (TPSA) is 17.1 Å². The molecule has 1 unspecified atom stereocenters. The van der Waals surface area contributed by atoms with E-state index < -0.39 is 0 Å². The molecule has 0 rings (SSSR count). The third kappa shape index (κ3) is 8.29. The van der Waals surface area contributed by atoms with Gasteiger partial charge >= 0.3 is 0 Å². The van der Waals surface area contributed by atoms with Crippen LogP contribution in [0.25, 0.3) is 0 Å². The van der Waals surface area contributed by atoms with Gasteiger partial charge in [-0.25, -0.2) is 0 Å². The van der Waals surface area contributed by atoms with E-state index >= 15 is 0 Å². The first-order chi connectivity index (χ1) is 6.35. The van der Waals surface area contributed by atoms with Crippen molar-refractivity contribution >= 4 is 17.9 Å². The molecule has 0 radical (unpaired) electrons. The lowest BCUT2D eigenvalue weighted by Crippen LogP contribution is -2.01. The van der Waals surface area contributed by atoms with E-state index in [2.05, 4.69) is 6.92 Å². The predicted molar refractivity (Wildman–Crippen MR) is 58.3 cm³/mol. The van der Waals surface area contributed by atoms with E-state index in [9.17, 15) is 4.79 Å². The number of hydrogen-bond donors (Lipinski definition) is 0. The lowest BCUT2D eigenvalue weighted by Gasteiger charge is -2.07. The molecule has 0 aromatic heterocycles. The van der Waals surface area contributed by atoms with Gasteiger partial charge < -0.3 is 4.79 Å². The molecule has 0 N–H and O–H groups in total. The van der Waals surface area contributed by atoms with Crippen LogP contribution in [0.4, 0.5) is 0 Å². The standard InChI is InChI=1S/C11H21ClO/c1-2-7-11(10-13)8-5-3-4-6-9-12/h10-11H,2-9H2,1H3. The predicted octanol–water partition coefficient (Wildman–Crippen LogP) is 3.79. The van der Waals surface area contributed by atoms with E-state index in [0.717, 1.165) is 37.8 Å². The number of carbonyl (C=O) groups is 1. The van der Waals surface area contributed by atoms with Crippen LogP contribution in [0.2, 0.25) is 0 Å². The number of aldehydes is 1. The average molecular weight is 205 g/mol. The zero-order valence-electron chi connectivity index (χ0n) is 8.60. The summed E-state index contributed by atoms with van der Waals surface area (Å²) >= 11 is 5.56. The smallest absolute Gasteiger partial charge is 0.123 e. The fraction of sp³-hybridized carbons (Fsp3) is 0.909. The van der Waals surface area contributed by atoms with Crippen molar-refractivity contribution in [3.63, 3.8) is 0 Å². The molecule has 0 saturated carbocycles. The van der Waals surface area contributed by atoms with Crippen LogP contribution in [0, 0.1) is 5.92 Å². The van der Waals surface area contributed by atoms with Gasteiger partial charge in [-0.05, 0) is 19.3 Å². The Morgan fingerprint density at radius 2 is 1.85 bits per heavy atom. The first-order valence-electron chi connectivity index (χ1n) is 5.36. The van der Waals surface area contributed by atoms with E-state index in [1.165, 1.54) is 19.3 Å². The van der Waals surface area contributed by atoms with Crippen LogP contribution in [0.5, 0.6) is 0 Å². The third-order valence-electron chi connectivity index (χ3n) is 2.31. The van der Waals surface area contributed by atoms with Gasteiger partial charge in [0.2, 0.25) is 0 Å². The Bertz CT molecular complexity index is 115. The van der Waals surface area contributed by atoms with E-state index in [4.69, 9.17) is 11.6 Å². The van der Waals surface area contributed by atoms with Crippen LogP contribution in [0.1, 0.15) is 51.9 Å². The van der Waals surface area contributed by atoms with Crippen molar-refractivity contribution in [1.82, 2.24) is 0 Å². The van der Waals surface area contributed by atoms with Gasteiger partial charge in [-0.2, -0.15) is 0 Å². The monoisotopic (exact) mass is 204 g/mol. The second-order valence-electron chi connectivity index (χ2n) is 3.58. The molecule has 0 aliphatic heterocycles. The summed E-state index contributed by atoms with van der Waals surface area (Å²) in [5.74, 6) is 1.08. The summed E-state index contributed by atoms with van der Waals surface area (Å²) in [4.78, 5) is 10.6. The largest absolute Gasteiger partial charge is 0.303 e. The van der Waals surface area contributed by atoms with E-state index in [0.29, 0.717) is 5.92 Å². The molecule has 1 atom stereocenters. The number of halogens is 1. The summed E-state index contributed by atoms with van der Waals surface area (Å²) in [5, 5.41) is 0. The van der Waals surface area contributed by atoms with Crippen molar-refractivity contribution in [2.75, 3.05) is 5.88 Å². The number of rotatable bonds is 9. The minimum atomic E-state index is 0.306. The molecule has 78 valence electrons. The van der Waals surface area contributed by atoms with Gasteiger partial charge in [0, 0.05) is 11.8 Å². The number of alkyl halides is 1. The minimum Gasteiger partial charge on any atom is -0.303 e. The van der Waals surface area contributed by atoms with Crippen LogP contribution in [-0.4, -0.2) is 12.2 Å². The third-order valence-corrected chi connectivity index (χ3v) is 2.58. The molecule has 0 aliphatic rings. The minimum absolute atomic E-state index is 0.306. The van der Waals surface area contributed by atoms with Gasteiger partial charge in [0.05, 0.1) is 0 Å². The van der Waals surface area contributed by atoms with Crippen LogP contribution < -0.4 is 0 Å². The summed E-state index contributed by atoms with van der Waals surface area (Å²) in [6, 6.07) is 0. The number of carbonyl (C=O) groups excluding carboxylic acids is 1. The van der Waals surface area contributed by atoms with Crippen LogP contribution >= 0.6 is 11.6 Å². The van der Waals surface area contributed by atoms with Gasteiger partial charge in [-0.3, -0.25) is 0 Å². The van der Waals surface area contributed by atoms with Crippen LogP contribution in [0.3, 0.4) is 0 Å². The van der Waals surface area contributed by atoms with Crippen molar-refractivity contribution < 1.29 is 4.79 Å². The Hall–Kier alpha value is -0.0400. The first kappa shape index (κ1) is 13.0. The molecular weight excluding hydrogens is 184 g/mol. The van der Waals surface area contributed by atoms with E-state index in [-0.39, 0.29) is 0 Å². The molecule has 0 heterocycles. The van der Waals surface area contributed by atoms with Crippen molar-refractivity contribution in [3.05, 3.63) is 0 Å². The Morgan fingerprint density at radius 3 is 2.38 bits per heavy atom. The van der Waals surface area contributed by atoms with Crippen LogP contribution in [-0.2, 0) is 4.79 Å². The highest BCUT2D eigenvalue weighted by atomic mass is 35.5. The summed E-state index contributed by atoms with van der Waals surface area (Å²) in [7, 11) is 0. The fourth-order valence-electron chi connectivity index (χ4n) is 1.51. The highest BCUT2D eigenvalue weighted by molar-refractivity contribution is 6.17. The summed E-state index contributed by atoms with van der Waals surface area (Å²) in [6.45, 7) is 2.13. The number of unbranched alkanes of at least 4 members (excludes halogenated alkanes) is 3. The van der Waals surface area contributed by atoms with Gasteiger partial charge in [0.25, 0.3) is 0 Å². The van der Waals surface area contributed by atoms with Gasteiger partial charge in [-0.1, -0.05) is 32.6 Å². The van der Waals surface area contributed by atoms with E-state index in [1.54, 1.807) is 0 Å². The lowest BCUT2D eigenvalue weighted by molar-refractivity contribution is -0.111. The normalized spacial score (nSPS) is 12.8. The molecule has 0 bridgehead atoms. The van der Waals surface area contributed by atoms with Crippen molar-refractivity contribution in [2.45, 2.75) is 51.9 Å². The Morgan fingerprint density at radius 1 is 1.15 bits per heavy atom. The molecule has 0 saturated heterocycles. The van der Waals surface area contributed by atoms with Crippen molar-refractivity contribution in [2.24, 2.45) is 5.92 Å². The molecule has 0 aliphatic carbocycles. The first-order valence-corrected chi connectivity index (χ1v) is 5.89. The number of hydrogen-bond acceptors (Lipinski definition) is 1. The van der Waals surface area contributed by atoms with Crippen molar-refractivity contribution in [1.29, 1.82) is 0 Å². The average Bonchev–Trinajstić information content (AvgIpc) is 2.16. The second-order valence-corrected chi connectivity index (χ2v) is 3.95. The molecule has 0 amide bonds. The van der Waals surface area contributed by atoms with Crippen molar-refractivity contribution in [3.8, 4) is 0 Å². The quantitative estimate of drug-likeness (QED) is 0.317. The lowest BCUT2D eigenvalue weighted by atomic mass is 9.98. The van der Waals surface area contributed by atoms with Crippen LogP contribution in [0.15, 0.2) is 0 Å². The Balaban J connectivity index is 3.22. The Kier molecular flexibility index (Phi) is 10.0. The molecule has 0 fully saturated rings.